The normalized spacial score (nSPS) is 31.1. The summed E-state index contributed by atoms with van der Waals surface area (Å²) in [5, 5.41) is 8.91. The summed E-state index contributed by atoms with van der Waals surface area (Å²) < 4.78 is 5.36. The molecule has 0 saturated carbocycles. The van der Waals surface area contributed by atoms with Crippen LogP contribution >= 0.6 is 0 Å². The van der Waals surface area contributed by atoms with Gasteiger partial charge in [0.25, 0.3) is 5.91 Å². The number of hydrogen-bond donors (Lipinski definition) is 1. The molecule has 2 aliphatic heterocycles. The molecule has 0 aromatic rings. The van der Waals surface area contributed by atoms with Crippen LogP contribution in [-0.4, -0.2) is 47.2 Å². The van der Waals surface area contributed by atoms with Crippen molar-refractivity contribution >= 4 is 11.9 Å². The van der Waals surface area contributed by atoms with Gasteiger partial charge in [-0.3, -0.25) is 4.79 Å². The van der Waals surface area contributed by atoms with Crippen LogP contribution in [0.4, 0.5) is 0 Å². The molecule has 1 N–H and O–H groups in total. The number of aliphatic carboxylic acids is 1. The maximum atomic E-state index is 12.4. The summed E-state index contributed by atoms with van der Waals surface area (Å²) in [5.41, 5.74) is 0. The molecule has 0 aromatic heterocycles. The van der Waals surface area contributed by atoms with E-state index in [1.54, 1.807) is 0 Å². The van der Waals surface area contributed by atoms with E-state index >= 15 is 0 Å². The number of amides is 1. The highest BCUT2D eigenvalue weighted by Gasteiger charge is 2.37. The molecular formula is C15H25NO4. The van der Waals surface area contributed by atoms with Crippen LogP contribution in [0.1, 0.15) is 51.9 Å². The van der Waals surface area contributed by atoms with Crippen LogP contribution in [0.3, 0.4) is 0 Å². The lowest BCUT2D eigenvalue weighted by atomic mass is 9.96. The molecule has 1 amide bonds. The van der Waals surface area contributed by atoms with Gasteiger partial charge in [-0.1, -0.05) is 19.8 Å². The number of carboxylic acid groups (broad SMARTS) is 1. The van der Waals surface area contributed by atoms with Crippen molar-refractivity contribution in [3.05, 3.63) is 0 Å². The van der Waals surface area contributed by atoms with Crippen molar-refractivity contribution < 1.29 is 19.4 Å². The Morgan fingerprint density at radius 3 is 2.55 bits per heavy atom. The Morgan fingerprint density at radius 1 is 1.15 bits per heavy atom. The molecule has 0 radical (unpaired) electrons. The molecule has 2 aliphatic rings. The van der Waals surface area contributed by atoms with Crippen LogP contribution < -0.4 is 0 Å². The second kappa shape index (κ2) is 7.07. The lowest BCUT2D eigenvalue weighted by Gasteiger charge is -2.24. The first-order valence-corrected chi connectivity index (χ1v) is 7.79. The number of likely N-dealkylation sites (tertiary alicyclic amines) is 1. The van der Waals surface area contributed by atoms with Crippen LogP contribution in [0.5, 0.6) is 0 Å². The van der Waals surface area contributed by atoms with Gasteiger partial charge < -0.3 is 14.7 Å². The van der Waals surface area contributed by atoms with Crippen molar-refractivity contribution in [3.63, 3.8) is 0 Å². The van der Waals surface area contributed by atoms with Gasteiger partial charge in [-0.05, 0) is 38.0 Å². The Bertz CT molecular complexity index is 358. The van der Waals surface area contributed by atoms with Crippen molar-refractivity contribution in [3.8, 4) is 0 Å². The number of nitrogens with zero attached hydrogens (tertiary/aromatic N) is 1. The quantitative estimate of drug-likeness (QED) is 0.857. The second-order valence-electron chi connectivity index (χ2n) is 5.94. The zero-order valence-corrected chi connectivity index (χ0v) is 12.2. The predicted octanol–water partition coefficient (Wildman–Crippen LogP) is 2.05. The van der Waals surface area contributed by atoms with Gasteiger partial charge in [0.15, 0.2) is 6.10 Å². The number of carboxylic acids is 1. The van der Waals surface area contributed by atoms with E-state index in [1.165, 1.54) is 19.3 Å². The SMILES string of the molecule is CCCC1CCCN(C(=O)C2CCC(C(=O)O)O2)CC1. The highest BCUT2D eigenvalue weighted by molar-refractivity contribution is 5.82. The van der Waals surface area contributed by atoms with E-state index in [0.717, 1.165) is 31.8 Å². The third-order valence-electron chi connectivity index (χ3n) is 4.43. The fourth-order valence-electron chi connectivity index (χ4n) is 3.29. The summed E-state index contributed by atoms with van der Waals surface area (Å²) >= 11 is 0. The summed E-state index contributed by atoms with van der Waals surface area (Å²) in [6, 6.07) is 0. The van der Waals surface area contributed by atoms with Crippen molar-refractivity contribution in [2.24, 2.45) is 5.92 Å². The summed E-state index contributed by atoms with van der Waals surface area (Å²) in [4.78, 5) is 25.1. The molecule has 114 valence electrons. The van der Waals surface area contributed by atoms with Gasteiger partial charge >= 0.3 is 5.97 Å². The highest BCUT2D eigenvalue weighted by atomic mass is 16.5. The van der Waals surface area contributed by atoms with E-state index in [2.05, 4.69) is 6.92 Å². The van der Waals surface area contributed by atoms with E-state index in [1.807, 2.05) is 4.90 Å². The molecule has 20 heavy (non-hydrogen) atoms. The average Bonchev–Trinajstić information content (AvgIpc) is 2.80. The van der Waals surface area contributed by atoms with Crippen molar-refractivity contribution in [2.75, 3.05) is 13.1 Å². The van der Waals surface area contributed by atoms with E-state index in [4.69, 9.17) is 9.84 Å². The first-order chi connectivity index (χ1) is 9.61. The molecule has 5 heteroatoms. The maximum absolute atomic E-state index is 12.4. The average molecular weight is 283 g/mol. The predicted molar refractivity (Wildman–Crippen MR) is 74.4 cm³/mol. The first kappa shape index (κ1) is 15.3. The minimum Gasteiger partial charge on any atom is -0.479 e. The molecule has 3 unspecified atom stereocenters. The zero-order valence-electron chi connectivity index (χ0n) is 12.2. The zero-order chi connectivity index (χ0) is 14.5. The maximum Gasteiger partial charge on any atom is 0.332 e. The lowest BCUT2D eigenvalue weighted by Crippen LogP contribution is -2.40. The summed E-state index contributed by atoms with van der Waals surface area (Å²) in [5.74, 6) is -0.237. The Labute approximate surface area is 120 Å². The number of carbonyl (C=O) groups excluding carboxylic acids is 1. The smallest absolute Gasteiger partial charge is 0.332 e. The molecule has 0 aromatic carbocycles. The Balaban J connectivity index is 1.85. The minimum atomic E-state index is -0.959. The Hall–Kier alpha value is -1.10. The molecular weight excluding hydrogens is 258 g/mol. The van der Waals surface area contributed by atoms with Gasteiger partial charge in [-0.25, -0.2) is 4.79 Å². The number of rotatable bonds is 4. The van der Waals surface area contributed by atoms with Crippen molar-refractivity contribution in [1.29, 1.82) is 0 Å². The Kier molecular flexibility index (Phi) is 5.40. The molecule has 2 rings (SSSR count). The molecule has 2 heterocycles. The minimum absolute atomic E-state index is 0.00843. The van der Waals surface area contributed by atoms with Crippen LogP contribution in [0.25, 0.3) is 0 Å². The third kappa shape index (κ3) is 3.72. The van der Waals surface area contributed by atoms with Crippen LogP contribution in [-0.2, 0) is 14.3 Å². The second-order valence-corrected chi connectivity index (χ2v) is 5.94. The van der Waals surface area contributed by atoms with Gasteiger partial charge in [-0.2, -0.15) is 0 Å². The van der Waals surface area contributed by atoms with E-state index in [0.29, 0.717) is 12.8 Å². The van der Waals surface area contributed by atoms with Gasteiger partial charge in [0.1, 0.15) is 6.10 Å². The topological polar surface area (TPSA) is 66.8 Å². The van der Waals surface area contributed by atoms with E-state index in [9.17, 15) is 9.59 Å². The van der Waals surface area contributed by atoms with Gasteiger partial charge in [-0.15, -0.1) is 0 Å². The number of carbonyl (C=O) groups is 2. The Morgan fingerprint density at radius 2 is 1.90 bits per heavy atom. The van der Waals surface area contributed by atoms with Gasteiger partial charge in [0.2, 0.25) is 0 Å². The standard InChI is InChI=1S/C15H25NO4/c1-2-4-11-5-3-9-16(10-8-11)14(17)12-6-7-13(20-12)15(18)19/h11-13H,2-10H2,1H3,(H,18,19). The fraction of sp³-hybridized carbons (Fsp3) is 0.867. The summed E-state index contributed by atoms with van der Waals surface area (Å²) in [6.45, 7) is 3.78. The summed E-state index contributed by atoms with van der Waals surface area (Å²) in [6.07, 6.45) is 5.37. The molecule has 2 saturated heterocycles. The highest BCUT2D eigenvalue weighted by Crippen LogP contribution is 2.25. The number of ether oxygens (including phenoxy) is 1. The fourth-order valence-corrected chi connectivity index (χ4v) is 3.29. The molecule has 3 atom stereocenters. The number of hydrogen-bond acceptors (Lipinski definition) is 3. The molecule has 5 nitrogen and oxygen atoms in total. The molecule has 2 fully saturated rings. The van der Waals surface area contributed by atoms with E-state index < -0.39 is 18.2 Å². The van der Waals surface area contributed by atoms with Gasteiger partial charge in [0.05, 0.1) is 0 Å². The van der Waals surface area contributed by atoms with Crippen LogP contribution in [0.2, 0.25) is 0 Å². The van der Waals surface area contributed by atoms with Crippen molar-refractivity contribution in [2.45, 2.75) is 64.1 Å². The van der Waals surface area contributed by atoms with Gasteiger partial charge in [0, 0.05) is 13.1 Å². The third-order valence-corrected chi connectivity index (χ3v) is 4.43. The first-order valence-electron chi connectivity index (χ1n) is 7.79. The largest absolute Gasteiger partial charge is 0.479 e. The molecule has 0 aliphatic carbocycles. The summed E-state index contributed by atoms with van der Waals surface area (Å²) in [7, 11) is 0. The van der Waals surface area contributed by atoms with Crippen LogP contribution in [0, 0.1) is 5.92 Å². The molecule has 0 spiro atoms. The monoisotopic (exact) mass is 283 g/mol. The lowest BCUT2D eigenvalue weighted by molar-refractivity contribution is -0.154. The molecule has 0 bridgehead atoms. The van der Waals surface area contributed by atoms with Crippen molar-refractivity contribution in [1.82, 2.24) is 4.90 Å². The van der Waals surface area contributed by atoms with Crippen LogP contribution in [0.15, 0.2) is 0 Å². The van der Waals surface area contributed by atoms with E-state index in [-0.39, 0.29) is 5.91 Å².